The molecule has 1 aromatic rings. The summed E-state index contributed by atoms with van der Waals surface area (Å²) < 4.78 is 0. The van der Waals surface area contributed by atoms with Crippen molar-refractivity contribution in [2.75, 3.05) is 5.32 Å². The van der Waals surface area contributed by atoms with Crippen molar-refractivity contribution in [1.82, 2.24) is 10.2 Å². The van der Waals surface area contributed by atoms with Gasteiger partial charge in [-0.15, -0.1) is 10.2 Å². The molecule has 84 valence electrons. The lowest BCUT2D eigenvalue weighted by molar-refractivity contribution is -0.0510. The van der Waals surface area contributed by atoms with Gasteiger partial charge < -0.3 is 10.4 Å². The third kappa shape index (κ3) is 1.86. The minimum atomic E-state index is -0.200. The first-order valence-electron chi connectivity index (χ1n) is 5.31. The van der Waals surface area contributed by atoms with Crippen LogP contribution in [0.15, 0.2) is 0 Å². The van der Waals surface area contributed by atoms with Crippen LogP contribution < -0.4 is 5.32 Å². The van der Waals surface area contributed by atoms with Gasteiger partial charge in [-0.25, -0.2) is 0 Å². The van der Waals surface area contributed by atoms with E-state index in [2.05, 4.69) is 36.3 Å². The van der Waals surface area contributed by atoms with Crippen molar-refractivity contribution in [3.05, 3.63) is 5.01 Å². The smallest absolute Gasteiger partial charge is 0.205 e. The molecule has 0 saturated heterocycles. The molecule has 0 radical (unpaired) electrons. The summed E-state index contributed by atoms with van der Waals surface area (Å²) in [5.41, 5.74) is -0.0575. The molecule has 1 aliphatic rings. The standard InChI is InChI=1S/C10H17N3OS/c1-4-8-12-13-9(15-8)11-6-5-7(14)10(6,2)3/h6-7,14H,4-5H2,1-3H3,(H,11,13). The van der Waals surface area contributed by atoms with Gasteiger partial charge in [-0.1, -0.05) is 32.1 Å². The first-order valence-corrected chi connectivity index (χ1v) is 6.12. The van der Waals surface area contributed by atoms with Crippen molar-refractivity contribution in [3.8, 4) is 0 Å². The van der Waals surface area contributed by atoms with Crippen LogP contribution in [0, 0.1) is 5.41 Å². The summed E-state index contributed by atoms with van der Waals surface area (Å²) in [5.74, 6) is 0. The molecule has 0 amide bonds. The van der Waals surface area contributed by atoms with Crippen molar-refractivity contribution in [1.29, 1.82) is 0 Å². The third-order valence-corrected chi connectivity index (χ3v) is 4.28. The molecule has 0 bridgehead atoms. The Morgan fingerprint density at radius 2 is 2.27 bits per heavy atom. The van der Waals surface area contributed by atoms with E-state index in [-0.39, 0.29) is 11.5 Å². The fraction of sp³-hybridized carbons (Fsp3) is 0.800. The molecule has 2 N–H and O–H groups in total. The van der Waals surface area contributed by atoms with E-state index in [0.717, 1.165) is 23.0 Å². The lowest BCUT2D eigenvalue weighted by Gasteiger charge is -2.49. The maximum Gasteiger partial charge on any atom is 0.205 e. The summed E-state index contributed by atoms with van der Waals surface area (Å²) in [4.78, 5) is 0. The molecule has 2 unspecified atom stereocenters. The van der Waals surface area contributed by atoms with Gasteiger partial charge in [0.05, 0.1) is 6.10 Å². The number of aromatic nitrogens is 2. The van der Waals surface area contributed by atoms with Crippen molar-refractivity contribution in [2.45, 2.75) is 45.8 Å². The van der Waals surface area contributed by atoms with E-state index in [1.54, 1.807) is 11.3 Å². The van der Waals surface area contributed by atoms with Crippen LogP contribution in [0.25, 0.3) is 0 Å². The second kappa shape index (κ2) is 3.72. The van der Waals surface area contributed by atoms with Gasteiger partial charge in [0.25, 0.3) is 0 Å². The maximum atomic E-state index is 9.60. The number of nitrogens with one attached hydrogen (secondary N) is 1. The van der Waals surface area contributed by atoms with E-state index in [4.69, 9.17) is 0 Å². The highest BCUT2D eigenvalue weighted by molar-refractivity contribution is 7.15. The molecule has 1 saturated carbocycles. The maximum absolute atomic E-state index is 9.60. The van der Waals surface area contributed by atoms with Gasteiger partial charge in [0.1, 0.15) is 5.01 Å². The van der Waals surface area contributed by atoms with Crippen molar-refractivity contribution in [3.63, 3.8) is 0 Å². The van der Waals surface area contributed by atoms with Crippen molar-refractivity contribution >= 4 is 16.5 Å². The van der Waals surface area contributed by atoms with E-state index in [1.165, 1.54) is 0 Å². The zero-order chi connectivity index (χ0) is 11.1. The van der Waals surface area contributed by atoms with Gasteiger partial charge in [-0.3, -0.25) is 0 Å². The van der Waals surface area contributed by atoms with Gasteiger partial charge >= 0.3 is 0 Å². The van der Waals surface area contributed by atoms with E-state index in [0.29, 0.717) is 6.04 Å². The van der Waals surface area contributed by atoms with Gasteiger partial charge in [0.15, 0.2) is 0 Å². The van der Waals surface area contributed by atoms with Crippen LogP contribution in [0.1, 0.15) is 32.2 Å². The Kier molecular flexibility index (Phi) is 2.68. The number of aliphatic hydroxyl groups excluding tert-OH is 1. The monoisotopic (exact) mass is 227 g/mol. The van der Waals surface area contributed by atoms with Gasteiger partial charge in [0, 0.05) is 11.5 Å². The van der Waals surface area contributed by atoms with E-state index in [1.807, 2.05) is 0 Å². The average Bonchev–Trinajstić information content (AvgIpc) is 2.65. The molecule has 1 aromatic heterocycles. The second-order valence-corrected chi connectivity index (χ2v) is 5.69. The predicted molar refractivity (Wildman–Crippen MR) is 61.1 cm³/mol. The molecule has 2 atom stereocenters. The van der Waals surface area contributed by atoms with Crippen LogP contribution in [0.2, 0.25) is 0 Å². The average molecular weight is 227 g/mol. The molecule has 4 nitrogen and oxygen atoms in total. The topological polar surface area (TPSA) is 58.0 Å². The Hall–Kier alpha value is -0.680. The van der Waals surface area contributed by atoms with Crippen LogP contribution in [-0.2, 0) is 6.42 Å². The molecule has 0 aliphatic heterocycles. The Morgan fingerprint density at radius 1 is 1.53 bits per heavy atom. The second-order valence-electron chi connectivity index (χ2n) is 4.62. The SMILES string of the molecule is CCc1nnc(NC2CC(O)C2(C)C)s1. The molecule has 0 aromatic carbocycles. The molecule has 1 aliphatic carbocycles. The Labute approximate surface area is 93.7 Å². The van der Waals surface area contributed by atoms with Crippen LogP contribution >= 0.6 is 11.3 Å². The highest BCUT2D eigenvalue weighted by Gasteiger charge is 2.47. The molecule has 1 heterocycles. The first-order chi connectivity index (χ1) is 7.04. The normalized spacial score (nSPS) is 28.5. The van der Waals surface area contributed by atoms with Crippen LogP contribution in [-0.4, -0.2) is 27.4 Å². The quantitative estimate of drug-likeness (QED) is 0.824. The summed E-state index contributed by atoms with van der Waals surface area (Å²) in [6, 6.07) is 0.310. The first kappa shape index (κ1) is 10.8. The minimum Gasteiger partial charge on any atom is -0.392 e. The molecule has 1 fully saturated rings. The summed E-state index contributed by atoms with van der Waals surface area (Å²) in [7, 11) is 0. The summed E-state index contributed by atoms with van der Waals surface area (Å²) in [6.07, 6.45) is 1.53. The molecular weight excluding hydrogens is 210 g/mol. The van der Waals surface area contributed by atoms with Crippen LogP contribution in [0.3, 0.4) is 0 Å². The fourth-order valence-electron chi connectivity index (χ4n) is 1.75. The van der Waals surface area contributed by atoms with Crippen LogP contribution in [0.5, 0.6) is 0 Å². The molecule has 2 rings (SSSR count). The van der Waals surface area contributed by atoms with E-state index in [9.17, 15) is 5.11 Å². The summed E-state index contributed by atoms with van der Waals surface area (Å²) in [5, 5.41) is 23.0. The predicted octanol–water partition coefficient (Wildman–Crippen LogP) is 1.67. The largest absolute Gasteiger partial charge is 0.392 e. The fourth-order valence-corrected chi connectivity index (χ4v) is 2.48. The molecule has 15 heavy (non-hydrogen) atoms. The van der Waals surface area contributed by atoms with Crippen molar-refractivity contribution < 1.29 is 5.11 Å². The van der Waals surface area contributed by atoms with Gasteiger partial charge in [0.2, 0.25) is 5.13 Å². The highest BCUT2D eigenvalue weighted by atomic mass is 32.1. The zero-order valence-electron chi connectivity index (χ0n) is 9.32. The van der Waals surface area contributed by atoms with Gasteiger partial charge in [-0.2, -0.15) is 0 Å². The number of aryl methyl sites for hydroxylation is 1. The number of rotatable bonds is 3. The summed E-state index contributed by atoms with van der Waals surface area (Å²) >= 11 is 1.60. The number of nitrogens with zero attached hydrogens (tertiary/aromatic N) is 2. The molecule has 0 spiro atoms. The van der Waals surface area contributed by atoms with Gasteiger partial charge in [-0.05, 0) is 12.8 Å². The van der Waals surface area contributed by atoms with E-state index < -0.39 is 0 Å². The molecular formula is C10H17N3OS. The zero-order valence-corrected chi connectivity index (χ0v) is 10.1. The minimum absolute atomic E-state index is 0.0575. The highest BCUT2D eigenvalue weighted by Crippen LogP contribution is 2.42. The lowest BCUT2D eigenvalue weighted by Crippen LogP contribution is -2.56. The third-order valence-electron chi connectivity index (χ3n) is 3.28. The Morgan fingerprint density at radius 3 is 2.73 bits per heavy atom. The Balaban J connectivity index is 1.98. The number of anilines is 1. The number of aliphatic hydroxyl groups is 1. The van der Waals surface area contributed by atoms with Crippen LogP contribution in [0.4, 0.5) is 5.13 Å². The summed E-state index contributed by atoms with van der Waals surface area (Å²) in [6.45, 7) is 6.21. The van der Waals surface area contributed by atoms with Crippen molar-refractivity contribution in [2.24, 2.45) is 5.41 Å². The lowest BCUT2D eigenvalue weighted by atomic mass is 9.65. The number of hydrogen-bond donors (Lipinski definition) is 2. The van der Waals surface area contributed by atoms with E-state index >= 15 is 0 Å². The number of hydrogen-bond acceptors (Lipinski definition) is 5. The Bertz CT molecular complexity index is 350. The molecule has 5 heteroatoms.